The van der Waals surface area contributed by atoms with Crippen LogP contribution in [0.2, 0.25) is 0 Å². The molecule has 0 saturated carbocycles. The molecule has 0 N–H and O–H groups in total. The average Bonchev–Trinajstić information content (AvgIpc) is 2.23. The van der Waals surface area contributed by atoms with Gasteiger partial charge < -0.3 is 10.4 Å². The molecule has 0 aliphatic heterocycles. The van der Waals surface area contributed by atoms with E-state index in [0.29, 0.717) is 20.8 Å². The summed E-state index contributed by atoms with van der Waals surface area (Å²) in [5.41, 5.74) is 0.647. The molecule has 0 aromatic carbocycles. The normalized spacial score (nSPS) is 10.2. The standard InChI is InChI=1S/C10H7BrN2O2/c11-8-4-6-13(15)10(7-8)9-3-1-2-5-12(9)14/h1-7H. The van der Waals surface area contributed by atoms with E-state index in [1.165, 1.54) is 12.4 Å². The maximum absolute atomic E-state index is 11.5. The minimum Gasteiger partial charge on any atom is -0.618 e. The second-order valence-corrected chi connectivity index (χ2v) is 3.88. The average molecular weight is 267 g/mol. The van der Waals surface area contributed by atoms with Gasteiger partial charge in [-0.25, -0.2) is 0 Å². The zero-order chi connectivity index (χ0) is 10.8. The van der Waals surface area contributed by atoms with Gasteiger partial charge >= 0.3 is 0 Å². The van der Waals surface area contributed by atoms with Gasteiger partial charge in [-0.2, -0.15) is 9.46 Å². The Morgan fingerprint density at radius 3 is 2.40 bits per heavy atom. The third kappa shape index (κ3) is 1.92. The van der Waals surface area contributed by atoms with Crippen molar-refractivity contribution in [2.24, 2.45) is 0 Å². The molecule has 0 radical (unpaired) electrons. The molecule has 76 valence electrons. The Morgan fingerprint density at radius 2 is 1.67 bits per heavy atom. The van der Waals surface area contributed by atoms with Gasteiger partial charge in [0.2, 0.25) is 0 Å². The van der Waals surface area contributed by atoms with Crippen molar-refractivity contribution >= 4 is 15.9 Å². The van der Waals surface area contributed by atoms with E-state index in [1.807, 2.05) is 0 Å². The van der Waals surface area contributed by atoms with Crippen LogP contribution < -0.4 is 9.46 Å². The molecule has 2 aromatic rings. The Kier molecular flexibility index (Phi) is 2.55. The Morgan fingerprint density at radius 1 is 0.933 bits per heavy atom. The zero-order valence-corrected chi connectivity index (χ0v) is 9.22. The number of hydrogen-bond donors (Lipinski definition) is 0. The van der Waals surface area contributed by atoms with Crippen molar-refractivity contribution < 1.29 is 9.46 Å². The first-order valence-corrected chi connectivity index (χ1v) is 5.05. The number of pyridine rings is 2. The van der Waals surface area contributed by atoms with Crippen molar-refractivity contribution in [3.63, 3.8) is 0 Å². The summed E-state index contributed by atoms with van der Waals surface area (Å²) in [6.07, 6.45) is 2.71. The highest BCUT2D eigenvalue weighted by atomic mass is 79.9. The molecule has 0 bridgehead atoms. The molecule has 15 heavy (non-hydrogen) atoms. The van der Waals surface area contributed by atoms with Crippen LogP contribution >= 0.6 is 15.9 Å². The van der Waals surface area contributed by atoms with Crippen LogP contribution in [-0.2, 0) is 0 Å². The monoisotopic (exact) mass is 266 g/mol. The minimum atomic E-state index is 0.319. The van der Waals surface area contributed by atoms with Gasteiger partial charge in [0.15, 0.2) is 12.4 Å². The second kappa shape index (κ2) is 3.86. The van der Waals surface area contributed by atoms with E-state index in [4.69, 9.17) is 0 Å². The smallest absolute Gasteiger partial charge is 0.291 e. The Bertz CT molecular complexity index is 503. The van der Waals surface area contributed by atoms with Crippen LogP contribution in [-0.4, -0.2) is 0 Å². The van der Waals surface area contributed by atoms with Crippen molar-refractivity contribution in [3.05, 3.63) is 57.6 Å². The fraction of sp³-hybridized carbons (Fsp3) is 0. The molecule has 0 saturated heterocycles. The van der Waals surface area contributed by atoms with Crippen LogP contribution in [0, 0.1) is 10.4 Å². The third-order valence-electron chi connectivity index (χ3n) is 1.97. The molecule has 5 heteroatoms. The SMILES string of the molecule is [O-][n+]1ccccc1-c1cc(Br)cc[n+]1[O-]. The number of halogens is 1. The number of aromatic nitrogens is 2. The van der Waals surface area contributed by atoms with Crippen LogP contribution in [0.3, 0.4) is 0 Å². The van der Waals surface area contributed by atoms with E-state index < -0.39 is 0 Å². The van der Waals surface area contributed by atoms with Crippen LogP contribution in [0.25, 0.3) is 11.4 Å². The minimum absolute atomic E-state index is 0.319. The highest BCUT2D eigenvalue weighted by Gasteiger charge is 2.17. The molecular weight excluding hydrogens is 260 g/mol. The highest BCUT2D eigenvalue weighted by Crippen LogP contribution is 2.15. The fourth-order valence-electron chi connectivity index (χ4n) is 1.27. The molecule has 0 amide bonds. The summed E-state index contributed by atoms with van der Waals surface area (Å²) in [4.78, 5) is 0. The lowest BCUT2D eigenvalue weighted by molar-refractivity contribution is -0.625. The molecule has 0 fully saturated rings. The van der Waals surface area contributed by atoms with Crippen LogP contribution in [0.5, 0.6) is 0 Å². The molecule has 2 heterocycles. The molecule has 0 unspecified atom stereocenters. The Labute approximate surface area is 94.7 Å². The summed E-state index contributed by atoms with van der Waals surface area (Å²) in [7, 11) is 0. The lowest BCUT2D eigenvalue weighted by Gasteiger charge is -2.04. The van der Waals surface area contributed by atoms with Crippen LogP contribution in [0.1, 0.15) is 0 Å². The predicted molar refractivity (Wildman–Crippen MR) is 57.5 cm³/mol. The number of nitrogens with zero attached hydrogens (tertiary/aromatic N) is 2. The van der Waals surface area contributed by atoms with Gasteiger partial charge in [-0.05, 0) is 6.07 Å². The van der Waals surface area contributed by atoms with Gasteiger partial charge in [0, 0.05) is 28.7 Å². The molecule has 0 atom stereocenters. The number of rotatable bonds is 1. The first kappa shape index (κ1) is 9.92. The highest BCUT2D eigenvalue weighted by molar-refractivity contribution is 9.10. The molecule has 0 aliphatic rings. The van der Waals surface area contributed by atoms with Crippen molar-refractivity contribution in [3.8, 4) is 11.4 Å². The number of hydrogen-bond acceptors (Lipinski definition) is 2. The van der Waals surface area contributed by atoms with Crippen molar-refractivity contribution in [1.29, 1.82) is 0 Å². The van der Waals surface area contributed by atoms with E-state index in [-0.39, 0.29) is 0 Å². The van der Waals surface area contributed by atoms with E-state index in [2.05, 4.69) is 15.9 Å². The summed E-state index contributed by atoms with van der Waals surface area (Å²) in [6.45, 7) is 0. The predicted octanol–water partition coefficient (Wildman–Crippen LogP) is 1.38. The maximum atomic E-state index is 11.5. The molecule has 0 spiro atoms. The second-order valence-electron chi connectivity index (χ2n) is 2.97. The Hall–Kier alpha value is -1.62. The van der Waals surface area contributed by atoms with Gasteiger partial charge in [-0.1, -0.05) is 15.9 Å². The summed E-state index contributed by atoms with van der Waals surface area (Å²) >= 11 is 3.25. The molecule has 0 aliphatic carbocycles. The summed E-state index contributed by atoms with van der Waals surface area (Å²) < 4.78 is 2.08. The van der Waals surface area contributed by atoms with Crippen molar-refractivity contribution in [1.82, 2.24) is 0 Å². The maximum Gasteiger partial charge on any atom is 0.291 e. The lowest BCUT2D eigenvalue weighted by atomic mass is 10.2. The van der Waals surface area contributed by atoms with E-state index >= 15 is 0 Å². The van der Waals surface area contributed by atoms with Gasteiger partial charge in [-0.15, -0.1) is 0 Å². The first-order valence-electron chi connectivity index (χ1n) is 4.26. The zero-order valence-electron chi connectivity index (χ0n) is 7.63. The van der Waals surface area contributed by atoms with Crippen LogP contribution in [0.4, 0.5) is 0 Å². The third-order valence-corrected chi connectivity index (χ3v) is 2.46. The summed E-state index contributed by atoms with van der Waals surface area (Å²) in [6, 6.07) is 8.16. The van der Waals surface area contributed by atoms with Gasteiger partial charge in [0.25, 0.3) is 11.4 Å². The molecule has 2 aromatic heterocycles. The molecule has 4 nitrogen and oxygen atoms in total. The molecule has 2 rings (SSSR count). The van der Waals surface area contributed by atoms with E-state index in [0.717, 1.165) is 4.47 Å². The van der Waals surface area contributed by atoms with Gasteiger partial charge in [0.1, 0.15) is 0 Å². The Balaban J connectivity index is 2.64. The topological polar surface area (TPSA) is 53.9 Å². The summed E-state index contributed by atoms with van der Waals surface area (Å²) in [5.74, 6) is 0. The van der Waals surface area contributed by atoms with Crippen molar-refractivity contribution in [2.75, 3.05) is 0 Å². The van der Waals surface area contributed by atoms with Crippen molar-refractivity contribution in [2.45, 2.75) is 0 Å². The summed E-state index contributed by atoms with van der Waals surface area (Å²) in [5, 5.41) is 22.9. The quantitative estimate of drug-likeness (QED) is 0.579. The first-order chi connectivity index (χ1) is 7.18. The van der Waals surface area contributed by atoms with Gasteiger partial charge in [0.05, 0.1) is 0 Å². The van der Waals surface area contributed by atoms with Gasteiger partial charge in [-0.3, -0.25) is 0 Å². The largest absolute Gasteiger partial charge is 0.618 e. The lowest BCUT2D eigenvalue weighted by Crippen LogP contribution is -2.36. The fourth-order valence-corrected chi connectivity index (χ4v) is 1.61. The molecular formula is C10H7BrN2O2. The van der Waals surface area contributed by atoms with Crippen LogP contribution in [0.15, 0.2) is 47.2 Å². The van der Waals surface area contributed by atoms with E-state index in [9.17, 15) is 10.4 Å². The van der Waals surface area contributed by atoms with E-state index in [1.54, 1.807) is 30.3 Å².